The van der Waals surface area contributed by atoms with Crippen LogP contribution in [0.25, 0.3) is 0 Å². The summed E-state index contributed by atoms with van der Waals surface area (Å²) in [6.45, 7) is 1.60. The zero-order valence-electron chi connectivity index (χ0n) is 11.1. The van der Waals surface area contributed by atoms with Gasteiger partial charge in [-0.2, -0.15) is 8.78 Å². The Bertz CT molecular complexity index is 488. The molecule has 0 spiro atoms. The number of benzene rings is 1. The molecule has 0 fully saturated rings. The molecule has 0 aliphatic heterocycles. The second kappa shape index (κ2) is 8.68. The van der Waals surface area contributed by atoms with Gasteiger partial charge in [-0.1, -0.05) is 12.1 Å². The van der Waals surface area contributed by atoms with E-state index in [1.165, 1.54) is 6.92 Å². The van der Waals surface area contributed by atoms with Gasteiger partial charge in [-0.05, 0) is 59.8 Å². The van der Waals surface area contributed by atoms with E-state index in [0.717, 1.165) is 4.47 Å². The highest BCUT2D eigenvalue weighted by molar-refractivity contribution is 9.10. The number of hydrogen-bond donors (Lipinski definition) is 1. The molecule has 1 aromatic carbocycles. The van der Waals surface area contributed by atoms with Gasteiger partial charge in [-0.15, -0.1) is 0 Å². The van der Waals surface area contributed by atoms with Gasteiger partial charge in [0.15, 0.2) is 0 Å². The highest BCUT2D eigenvalue weighted by atomic mass is 79.9. The molecular weight excluding hydrogens is 332 g/mol. The number of rotatable bonds is 6. The molecule has 3 nitrogen and oxygen atoms in total. The molecule has 6 heteroatoms. The van der Waals surface area contributed by atoms with Crippen molar-refractivity contribution < 1.29 is 18.3 Å². The summed E-state index contributed by atoms with van der Waals surface area (Å²) in [5.74, 6) is 0. The molecular formula is C14H16BrF2NO2. The Morgan fingerprint density at radius 3 is 2.65 bits per heavy atom. The van der Waals surface area contributed by atoms with E-state index < -0.39 is 12.2 Å². The number of ether oxygens (including phenoxy) is 1. The lowest BCUT2D eigenvalue weighted by Crippen LogP contribution is -2.14. The van der Waals surface area contributed by atoms with E-state index >= 15 is 0 Å². The summed E-state index contributed by atoms with van der Waals surface area (Å²) in [5, 5.41) is 2.59. The van der Waals surface area contributed by atoms with Crippen LogP contribution in [0.5, 0.6) is 0 Å². The normalized spacial score (nSPS) is 10.0. The van der Waals surface area contributed by atoms with Gasteiger partial charge in [0.2, 0.25) is 0 Å². The second-order valence-electron chi connectivity index (χ2n) is 4.24. The SMILES string of the molecule is CC(CCCCOC(=O)Nc1ccccc1Br)=C(F)F. The molecule has 0 aliphatic carbocycles. The molecule has 0 bridgehead atoms. The summed E-state index contributed by atoms with van der Waals surface area (Å²) >= 11 is 3.30. The smallest absolute Gasteiger partial charge is 0.411 e. The minimum Gasteiger partial charge on any atom is -0.449 e. The van der Waals surface area contributed by atoms with E-state index in [9.17, 15) is 13.6 Å². The van der Waals surface area contributed by atoms with Crippen LogP contribution in [0.2, 0.25) is 0 Å². The van der Waals surface area contributed by atoms with Crippen LogP contribution in [0.15, 0.2) is 40.4 Å². The predicted molar refractivity (Wildman–Crippen MR) is 77.9 cm³/mol. The lowest BCUT2D eigenvalue weighted by Gasteiger charge is -2.08. The topological polar surface area (TPSA) is 38.3 Å². The van der Waals surface area contributed by atoms with Gasteiger partial charge in [0.05, 0.1) is 12.3 Å². The summed E-state index contributed by atoms with van der Waals surface area (Å²) < 4.78 is 30.0. The van der Waals surface area contributed by atoms with E-state index in [4.69, 9.17) is 4.74 Å². The van der Waals surface area contributed by atoms with Gasteiger partial charge < -0.3 is 4.74 Å². The minimum atomic E-state index is -1.63. The summed E-state index contributed by atoms with van der Waals surface area (Å²) in [7, 11) is 0. The molecule has 0 aromatic heterocycles. The molecule has 0 heterocycles. The standard InChI is InChI=1S/C14H16BrF2NO2/c1-10(13(16)17)6-4-5-9-20-14(19)18-12-8-3-2-7-11(12)15/h2-3,7-8H,4-6,9H2,1H3,(H,18,19). The maximum atomic E-state index is 12.1. The lowest BCUT2D eigenvalue weighted by molar-refractivity contribution is 0.159. The van der Waals surface area contributed by atoms with Crippen LogP contribution in [-0.2, 0) is 4.74 Å². The molecule has 110 valence electrons. The molecule has 0 saturated heterocycles. The largest absolute Gasteiger partial charge is 0.449 e. The van der Waals surface area contributed by atoms with Crippen molar-refractivity contribution in [1.82, 2.24) is 0 Å². The van der Waals surface area contributed by atoms with Crippen molar-refractivity contribution >= 4 is 27.7 Å². The second-order valence-corrected chi connectivity index (χ2v) is 5.09. The van der Waals surface area contributed by atoms with Crippen molar-refractivity contribution in [1.29, 1.82) is 0 Å². The number of para-hydroxylation sites is 1. The molecule has 0 atom stereocenters. The zero-order chi connectivity index (χ0) is 15.0. The molecule has 1 aromatic rings. The fourth-order valence-electron chi connectivity index (χ4n) is 1.46. The van der Waals surface area contributed by atoms with Crippen molar-refractivity contribution in [3.63, 3.8) is 0 Å². The van der Waals surface area contributed by atoms with Gasteiger partial charge >= 0.3 is 6.09 Å². The number of carbonyl (C=O) groups excluding carboxylic acids is 1. The predicted octanol–water partition coefficient (Wildman–Crippen LogP) is 5.34. The van der Waals surface area contributed by atoms with Crippen LogP contribution in [0, 0.1) is 0 Å². The van der Waals surface area contributed by atoms with Gasteiger partial charge in [0.25, 0.3) is 6.08 Å². The number of carbonyl (C=O) groups is 1. The van der Waals surface area contributed by atoms with Crippen LogP contribution in [0.4, 0.5) is 19.3 Å². The minimum absolute atomic E-state index is 0.0858. The van der Waals surface area contributed by atoms with Gasteiger partial charge in [-0.25, -0.2) is 4.79 Å². The first-order chi connectivity index (χ1) is 9.50. The molecule has 0 unspecified atom stereocenters. The van der Waals surface area contributed by atoms with Crippen molar-refractivity contribution in [3.8, 4) is 0 Å². The van der Waals surface area contributed by atoms with Crippen LogP contribution in [0.3, 0.4) is 0 Å². The molecule has 1 rings (SSSR count). The third-order valence-electron chi connectivity index (χ3n) is 2.61. The maximum Gasteiger partial charge on any atom is 0.411 e. The van der Waals surface area contributed by atoms with E-state index in [-0.39, 0.29) is 12.2 Å². The van der Waals surface area contributed by atoms with Crippen LogP contribution >= 0.6 is 15.9 Å². The number of nitrogens with one attached hydrogen (secondary N) is 1. The molecule has 1 amide bonds. The van der Waals surface area contributed by atoms with E-state index in [2.05, 4.69) is 21.2 Å². The van der Waals surface area contributed by atoms with E-state index in [1.807, 2.05) is 6.07 Å². The molecule has 0 saturated carbocycles. The first-order valence-electron chi connectivity index (χ1n) is 6.19. The molecule has 20 heavy (non-hydrogen) atoms. The number of allylic oxidation sites excluding steroid dienone is 1. The fourth-order valence-corrected chi connectivity index (χ4v) is 1.84. The Morgan fingerprint density at radius 1 is 1.30 bits per heavy atom. The van der Waals surface area contributed by atoms with Crippen LogP contribution in [-0.4, -0.2) is 12.7 Å². The molecule has 1 N–H and O–H groups in total. The van der Waals surface area contributed by atoms with Gasteiger partial charge in [-0.3, -0.25) is 5.32 Å². The monoisotopic (exact) mass is 347 g/mol. The first-order valence-corrected chi connectivity index (χ1v) is 6.99. The quantitative estimate of drug-likeness (QED) is 0.705. The van der Waals surface area contributed by atoms with Gasteiger partial charge in [0.1, 0.15) is 0 Å². The Balaban J connectivity index is 2.21. The van der Waals surface area contributed by atoms with Crippen molar-refractivity contribution in [2.24, 2.45) is 0 Å². The maximum absolute atomic E-state index is 12.1. The average molecular weight is 348 g/mol. The lowest BCUT2D eigenvalue weighted by atomic mass is 10.1. The number of anilines is 1. The Kier molecular flexibility index (Phi) is 7.22. The van der Waals surface area contributed by atoms with Crippen molar-refractivity contribution in [2.75, 3.05) is 11.9 Å². The van der Waals surface area contributed by atoms with E-state index in [0.29, 0.717) is 24.9 Å². The highest BCUT2D eigenvalue weighted by Gasteiger charge is 2.05. The number of unbranched alkanes of at least 4 members (excludes halogenated alkanes) is 1. The van der Waals surface area contributed by atoms with Crippen LogP contribution < -0.4 is 5.32 Å². The summed E-state index contributed by atoms with van der Waals surface area (Å²) in [6, 6.07) is 7.17. The number of amides is 1. The average Bonchev–Trinajstić information content (AvgIpc) is 2.40. The summed E-state index contributed by atoms with van der Waals surface area (Å²) in [4.78, 5) is 11.5. The summed E-state index contributed by atoms with van der Waals surface area (Å²) in [6.07, 6.45) is -0.754. The number of hydrogen-bond acceptors (Lipinski definition) is 2. The summed E-state index contributed by atoms with van der Waals surface area (Å²) in [5.41, 5.74) is 0.707. The molecule has 0 radical (unpaired) electrons. The zero-order valence-corrected chi connectivity index (χ0v) is 12.7. The Labute approximate surface area is 125 Å². The highest BCUT2D eigenvalue weighted by Crippen LogP contribution is 2.21. The van der Waals surface area contributed by atoms with Crippen molar-refractivity contribution in [2.45, 2.75) is 26.2 Å². The Hall–Kier alpha value is -1.43. The fraction of sp³-hybridized carbons (Fsp3) is 0.357. The van der Waals surface area contributed by atoms with E-state index in [1.54, 1.807) is 18.2 Å². The first kappa shape index (κ1) is 16.6. The number of halogens is 3. The third-order valence-corrected chi connectivity index (χ3v) is 3.30. The van der Waals surface area contributed by atoms with Crippen molar-refractivity contribution in [3.05, 3.63) is 40.4 Å². The third kappa shape index (κ3) is 6.14. The van der Waals surface area contributed by atoms with Gasteiger partial charge in [0, 0.05) is 4.47 Å². The Morgan fingerprint density at radius 2 is 2.00 bits per heavy atom. The van der Waals surface area contributed by atoms with Crippen LogP contribution in [0.1, 0.15) is 26.2 Å². The molecule has 0 aliphatic rings.